The van der Waals surface area contributed by atoms with Gasteiger partial charge in [-0.05, 0) is 6.92 Å². The summed E-state index contributed by atoms with van der Waals surface area (Å²) in [7, 11) is -2.06. The third-order valence-electron chi connectivity index (χ3n) is 0.974. The lowest BCUT2D eigenvalue weighted by atomic mass is 10.4. The van der Waals surface area contributed by atoms with Gasteiger partial charge in [-0.15, -0.1) is 0 Å². The Kier molecular flexibility index (Phi) is 3.80. The third kappa shape index (κ3) is 5.96. The molecule has 0 aromatic heterocycles. The van der Waals surface area contributed by atoms with Crippen molar-refractivity contribution in [2.24, 2.45) is 5.14 Å². The van der Waals surface area contributed by atoms with Gasteiger partial charge in [0.05, 0.1) is 6.10 Å². The Labute approximate surface area is 60.7 Å². The Hall–Kier alpha value is -0.170. The summed E-state index contributed by atoms with van der Waals surface area (Å²) in [4.78, 5) is 0. The van der Waals surface area contributed by atoms with Crippen LogP contribution in [-0.4, -0.2) is 28.2 Å². The molecule has 0 rings (SSSR count). The van der Waals surface area contributed by atoms with Crippen molar-refractivity contribution in [2.45, 2.75) is 13.0 Å². The normalized spacial score (nSPS) is 15.1. The maximum Gasteiger partial charge on any atom is 0.274 e. The minimum absolute atomic E-state index is 0.154. The van der Waals surface area contributed by atoms with Crippen LogP contribution in [0.4, 0.5) is 0 Å². The highest BCUT2D eigenvalue weighted by atomic mass is 32.2. The Morgan fingerprint density at radius 3 is 2.50 bits per heavy atom. The molecule has 6 heteroatoms. The van der Waals surface area contributed by atoms with Crippen molar-refractivity contribution in [1.29, 1.82) is 0 Å². The van der Waals surface area contributed by atoms with Gasteiger partial charge >= 0.3 is 0 Å². The highest BCUT2D eigenvalue weighted by Gasteiger charge is 2.03. The van der Waals surface area contributed by atoms with Crippen molar-refractivity contribution >= 4 is 10.2 Å². The molecule has 0 heterocycles. The van der Waals surface area contributed by atoms with Crippen LogP contribution in [0.15, 0.2) is 0 Å². The fourth-order valence-corrected chi connectivity index (χ4v) is 0.784. The van der Waals surface area contributed by atoms with Gasteiger partial charge in [-0.2, -0.15) is 13.1 Å². The summed E-state index contributed by atoms with van der Waals surface area (Å²) in [6.07, 6.45) is -0.154. The summed E-state index contributed by atoms with van der Waals surface area (Å²) in [5.41, 5.74) is 0. The summed E-state index contributed by atoms with van der Waals surface area (Å²) in [6, 6.07) is 0. The van der Waals surface area contributed by atoms with Gasteiger partial charge in [-0.25, -0.2) is 5.14 Å². The second kappa shape index (κ2) is 3.87. The van der Waals surface area contributed by atoms with E-state index in [4.69, 9.17) is 4.74 Å². The maximum atomic E-state index is 10.3. The maximum absolute atomic E-state index is 10.3. The molecule has 0 aliphatic heterocycles. The molecule has 1 atom stereocenters. The molecule has 0 saturated carbocycles. The van der Waals surface area contributed by atoms with E-state index in [2.05, 4.69) is 9.86 Å². The molecule has 5 nitrogen and oxygen atoms in total. The van der Waals surface area contributed by atoms with Crippen LogP contribution >= 0.6 is 0 Å². The standard InChI is InChI=1S/C4H12N2O3S/c1-4(9-2)3-6-10(5,7)8/h4,6H,3H2,1-2H3,(H2,5,7,8). The van der Waals surface area contributed by atoms with Gasteiger partial charge < -0.3 is 4.74 Å². The largest absolute Gasteiger partial charge is 0.380 e. The number of nitrogens with one attached hydrogen (secondary N) is 1. The number of methoxy groups -OCH3 is 1. The molecule has 0 fully saturated rings. The lowest BCUT2D eigenvalue weighted by molar-refractivity contribution is 0.122. The molecule has 0 aromatic rings. The lowest BCUT2D eigenvalue weighted by Gasteiger charge is -2.07. The zero-order chi connectivity index (χ0) is 8.20. The second-order valence-corrected chi connectivity index (χ2v) is 3.32. The minimum Gasteiger partial charge on any atom is -0.380 e. The predicted molar refractivity (Wildman–Crippen MR) is 37.6 cm³/mol. The van der Waals surface area contributed by atoms with Crippen LogP contribution in [-0.2, 0) is 14.9 Å². The molecule has 0 aliphatic carbocycles. The molecule has 3 N–H and O–H groups in total. The Morgan fingerprint density at radius 2 is 2.20 bits per heavy atom. The van der Waals surface area contributed by atoms with E-state index in [0.29, 0.717) is 0 Å². The summed E-state index contributed by atoms with van der Waals surface area (Å²) in [5.74, 6) is 0. The molecule has 0 bridgehead atoms. The molecular weight excluding hydrogens is 156 g/mol. The van der Waals surface area contributed by atoms with Crippen molar-refractivity contribution in [1.82, 2.24) is 4.72 Å². The van der Waals surface area contributed by atoms with E-state index >= 15 is 0 Å². The Morgan fingerprint density at radius 1 is 1.70 bits per heavy atom. The number of rotatable bonds is 4. The van der Waals surface area contributed by atoms with E-state index in [-0.39, 0.29) is 12.6 Å². The van der Waals surface area contributed by atoms with Gasteiger partial charge in [-0.3, -0.25) is 0 Å². The van der Waals surface area contributed by atoms with E-state index in [1.54, 1.807) is 6.92 Å². The second-order valence-electron chi connectivity index (χ2n) is 1.94. The minimum atomic E-state index is -3.56. The van der Waals surface area contributed by atoms with Gasteiger partial charge in [0.25, 0.3) is 10.2 Å². The Bertz CT molecular complexity index is 177. The quantitative estimate of drug-likeness (QED) is 0.554. The first-order valence-corrected chi connectivity index (χ1v) is 4.30. The SMILES string of the molecule is COC(C)CNS(N)(=O)=O. The van der Waals surface area contributed by atoms with E-state index in [1.165, 1.54) is 7.11 Å². The first-order chi connectivity index (χ1) is 4.45. The van der Waals surface area contributed by atoms with Crippen LogP contribution < -0.4 is 9.86 Å². The van der Waals surface area contributed by atoms with Crippen LogP contribution in [0.25, 0.3) is 0 Å². The van der Waals surface area contributed by atoms with Crippen LogP contribution in [0.5, 0.6) is 0 Å². The zero-order valence-electron chi connectivity index (χ0n) is 5.99. The molecule has 0 aliphatic rings. The van der Waals surface area contributed by atoms with E-state index in [0.717, 1.165) is 0 Å². The average Bonchev–Trinajstić information content (AvgIpc) is 1.81. The van der Waals surface area contributed by atoms with Gasteiger partial charge in [0.1, 0.15) is 0 Å². The molecular formula is C4H12N2O3S. The van der Waals surface area contributed by atoms with E-state index in [9.17, 15) is 8.42 Å². The third-order valence-corrected chi connectivity index (χ3v) is 1.54. The molecule has 0 aromatic carbocycles. The summed E-state index contributed by atoms with van der Waals surface area (Å²) in [6.45, 7) is 1.94. The Balaban J connectivity index is 3.56. The van der Waals surface area contributed by atoms with Crippen LogP contribution in [0, 0.1) is 0 Å². The fraction of sp³-hybridized carbons (Fsp3) is 1.00. The van der Waals surface area contributed by atoms with Crippen molar-refractivity contribution in [3.05, 3.63) is 0 Å². The van der Waals surface area contributed by atoms with Crippen molar-refractivity contribution in [3.8, 4) is 0 Å². The average molecular weight is 168 g/mol. The number of ether oxygens (including phenoxy) is 1. The van der Waals surface area contributed by atoms with Gasteiger partial charge in [0, 0.05) is 13.7 Å². The molecule has 1 unspecified atom stereocenters. The van der Waals surface area contributed by atoms with Crippen LogP contribution in [0.2, 0.25) is 0 Å². The monoisotopic (exact) mass is 168 g/mol. The smallest absolute Gasteiger partial charge is 0.274 e. The highest BCUT2D eigenvalue weighted by molar-refractivity contribution is 7.87. The van der Waals surface area contributed by atoms with E-state index in [1.807, 2.05) is 0 Å². The van der Waals surface area contributed by atoms with Crippen molar-refractivity contribution in [2.75, 3.05) is 13.7 Å². The van der Waals surface area contributed by atoms with Crippen molar-refractivity contribution in [3.63, 3.8) is 0 Å². The number of nitrogens with two attached hydrogens (primary N) is 1. The summed E-state index contributed by atoms with van der Waals surface area (Å²) < 4.78 is 27.4. The van der Waals surface area contributed by atoms with Crippen molar-refractivity contribution < 1.29 is 13.2 Å². The molecule has 0 spiro atoms. The van der Waals surface area contributed by atoms with E-state index < -0.39 is 10.2 Å². The van der Waals surface area contributed by atoms with Gasteiger partial charge in [-0.1, -0.05) is 0 Å². The molecule has 62 valence electrons. The first kappa shape index (κ1) is 9.83. The van der Waals surface area contributed by atoms with Crippen LogP contribution in [0.1, 0.15) is 6.92 Å². The highest BCUT2D eigenvalue weighted by Crippen LogP contribution is 1.83. The lowest BCUT2D eigenvalue weighted by Crippen LogP contribution is -2.36. The molecule has 0 radical (unpaired) electrons. The van der Waals surface area contributed by atoms with Crippen LogP contribution in [0.3, 0.4) is 0 Å². The zero-order valence-corrected chi connectivity index (χ0v) is 6.81. The predicted octanol–water partition coefficient (Wildman–Crippen LogP) is -1.19. The number of hydrogen-bond acceptors (Lipinski definition) is 3. The van der Waals surface area contributed by atoms with Gasteiger partial charge in [0.15, 0.2) is 0 Å². The molecule has 0 saturated heterocycles. The topological polar surface area (TPSA) is 81.4 Å². The first-order valence-electron chi connectivity index (χ1n) is 2.76. The van der Waals surface area contributed by atoms with Gasteiger partial charge in [0.2, 0.25) is 0 Å². The molecule has 10 heavy (non-hydrogen) atoms. The summed E-state index contributed by atoms with van der Waals surface area (Å²) >= 11 is 0. The number of hydrogen-bond donors (Lipinski definition) is 2. The molecule has 0 amide bonds. The summed E-state index contributed by atoms with van der Waals surface area (Å²) in [5, 5.41) is 4.64. The fourth-order valence-electron chi connectivity index (χ4n) is 0.317.